The highest BCUT2D eigenvalue weighted by atomic mass is 16.7. The number of aliphatic hydroxyl groups is 4. The number of rotatable bonds is 3. The highest BCUT2D eigenvalue weighted by molar-refractivity contribution is 5.31. The van der Waals surface area contributed by atoms with Crippen molar-refractivity contribution in [2.45, 2.75) is 37.6 Å². The lowest BCUT2D eigenvalue weighted by Crippen LogP contribution is -2.60. The number of aryl methyl sites for hydroxylation is 1. The summed E-state index contributed by atoms with van der Waals surface area (Å²) in [4.78, 5) is 0. The Morgan fingerprint density at radius 3 is 2.42 bits per heavy atom. The molecule has 19 heavy (non-hydrogen) atoms. The van der Waals surface area contributed by atoms with Crippen LogP contribution in [0.4, 0.5) is 0 Å². The zero-order valence-corrected chi connectivity index (χ0v) is 10.5. The Balaban J connectivity index is 2.13. The van der Waals surface area contributed by atoms with Gasteiger partial charge in [-0.3, -0.25) is 0 Å². The molecule has 1 aliphatic rings. The van der Waals surface area contributed by atoms with E-state index in [2.05, 4.69) is 0 Å². The van der Waals surface area contributed by atoms with Gasteiger partial charge in [-0.25, -0.2) is 0 Å². The molecule has 1 heterocycles. The first kappa shape index (κ1) is 14.2. The Hall–Kier alpha value is -1.18. The Morgan fingerprint density at radius 2 is 1.79 bits per heavy atom. The first-order chi connectivity index (χ1) is 9.04. The first-order valence-corrected chi connectivity index (χ1v) is 6.07. The van der Waals surface area contributed by atoms with Gasteiger partial charge in [-0.2, -0.15) is 0 Å². The Labute approximate surface area is 110 Å². The lowest BCUT2D eigenvalue weighted by molar-refractivity contribution is -0.277. The maximum Gasteiger partial charge on any atom is 0.229 e. The van der Waals surface area contributed by atoms with Crippen LogP contribution in [-0.2, 0) is 4.74 Å². The van der Waals surface area contributed by atoms with E-state index in [0.29, 0.717) is 5.75 Å². The van der Waals surface area contributed by atoms with E-state index in [9.17, 15) is 15.3 Å². The average Bonchev–Trinajstić information content (AvgIpc) is 2.41. The Bertz CT molecular complexity index is 421. The fraction of sp³-hybridized carbons (Fsp3) is 0.538. The van der Waals surface area contributed by atoms with Gasteiger partial charge >= 0.3 is 0 Å². The highest BCUT2D eigenvalue weighted by Crippen LogP contribution is 2.25. The Kier molecular flexibility index (Phi) is 4.38. The van der Waals surface area contributed by atoms with Crippen molar-refractivity contribution >= 4 is 0 Å². The predicted molar refractivity (Wildman–Crippen MR) is 65.6 cm³/mol. The summed E-state index contributed by atoms with van der Waals surface area (Å²) >= 11 is 0. The molecule has 0 amide bonds. The van der Waals surface area contributed by atoms with Crippen molar-refractivity contribution in [3.8, 4) is 5.75 Å². The number of benzene rings is 1. The first-order valence-electron chi connectivity index (χ1n) is 6.07. The molecule has 1 saturated heterocycles. The van der Waals surface area contributed by atoms with Gasteiger partial charge in [0, 0.05) is 0 Å². The predicted octanol–water partition coefficient (Wildman–Crippen LogP) is -0.826. The topological polar surface area (TPSA) is 99.4 Å². The minimum absolute atomic E-state index is 0.474. The molecule has 6 heteroatoms. The second-order valence-electron chi connectivity index (χ2n) is 4.58. The fourth-order valence-electron chi connectivity index (χ4n) is 1.98. The molecule has 1 aromatic carbocycles. The van der Waals surface area contributed by atoms with E-state index in [0.717, 1.165) is 5.56 Å². The van der Waals surface area contributed by atoms with Gasteiger partial charge in [0.25, 0.3) is 0 Å². The van der Waals surface area contributed by atoms with Gasteiger partial charge < -0.3 is 29.9 Å². The van der Waals surface area contributed by atoms with Gasteiger partial charge in [-0.1, -0.05) is 18.2 Å². The van der Waals surface area contributed by atoms with E-state index in [1.54, 1.807) is 12.1 Å². The molecule has 5 atom stereocenters. The summed E-state index contributed by atoms with van der Waals surface area (Å²) in [5.41, 5.74) is 0.847. The minimum atomic E-state index is -1.43. The molecule has 1 aromatic rings. The number of aliphatic hydroxyl groups excluding tert-OH is 4. The van der Waals surface area contributed by atoms with E-state index < -0.39 is 37.3 Å². The summed E-state index contributed by atoms with van der Waals surface area (Å²) in [6, 6.07) is 7.15. The third-order valence-electron chi connectivity index (χ3n) is 3.19. The van der Waals surface area contributed by atoms with E-state index in [1.165, 1.54) is 0 Å². The van der Waals surface area contributed by atoms with Gasteiger partial charge in [0.15, 0.2) is 0 Å². The standard InChI is InChI=1S/C13H18O6/c1-7-4-2-3-5-8(7)18-13-12(17)11(16)10(15)9(6-14)19-13/h2-5,9-17H,6H2,1H3/t9-,10+,11+,12-,13-/m1/s1. The summed E-state index contributed by atoms with van der Waals surface area (Å²) in [5, 5.41) is 38.2. The summed E-state index contributed by atoms with van der Waals surface area (Å²) in [5.74, 6) is 0.506. The van der Waals surface area contributed by atoms with Crippen molar-refractivity contribution in [2.75, 3.05) is 6.61 Å². The maximum absolute atomic E-state index is 9.83. The molecule has 0 aromatic heterocycles. The second kappa shape index (κ2) is 5.85. The van der Waals surface area contributed by atoms with Gasteiger partial charge in [0.2, 0.25) is 6.29 Å². The third-order valence-corrected chi connectivity index (χ3v) is 3.19. The van der Waals surface area contributed by atoms with Crippen LogP contribution >= 0.6 is 0 Å². The number of hydrogen-bond donors (Lipinski definition) is 4. The molecule has 6 nitrogen and oxygen atoms in total. The molecule has 4 N–H and O–H groups in total. The molecule has 0 saturated carbocycles. The average molecular weight is 270 g/mol. The van der Waals surface area contributed by atoms with Crippen LogP contribution in [0.25, 0.3) is 0 Å². The quantitative estimate of drug-likeness (QED) is 0.572. The van der Waals surface area contributed by atoms with Crippen LogP contribution in [0, 0.1) is 6.92 Å². The number of ether oxygens (including phenoxy) is 2. The van der Waals surface area contributed by atoms with Crippen LogP contribution in [-0.4, -0.2) is 57.7 Å². The fourth-order valence-corrected chi connectivity index (χ4v) is 1.98. The summed E-state index contributed by atoms with van der Waals surface area (Å²) in [6.07, 6.45) is -6.31. The second-order valence-corrected chi connectivity index (χ2v) is 4.58. The zero-order chi connectivity index (χ0) is 14.0. The third kappa shape index (κ3) is 2.88. The van der Waals surface area contributed by atoms with Crippen molar-refractivity contribution in [1.29, 1.82) is 0 Å². The molecule has 0 spiro atoms. The van der Waals surface area contributed by atoms with Crippen molar-refractivity contribution in [1.82, 2.24) is 0 Å². The van der Waals surface area contributed by atoms with E-state index >= 15 is 0 Å². The van der Waals surface area contributed by atoms with E-state index in [-0.39, 0.29) is 0 Å². The highest BCUT2D eigenvalue weighted by Gasteiger charge is 2.44. The lowest BCUT2D eigenvalue weighted by atomic mass is 9.99. The number of hydrogen-bond acceptors (Lipinski definition) is 6. The smallest absolute Gasteiger partial charge is 0.229 e. The molecular weight excluding hydrogens is 252 g/mol. The molecule has 0 unspecified atom stereocenters. The molecule has 1 fully saturated rings. The molecule has 0 radical (unpaired) electrons. The van der Waals surface area contributed by atoms with Crippen LogP contribution in [0.1, 0.15) is 5.56 Å². The lowest BCUT2D eigenvalue weighted by Gasteiger charge is -2.39. The number of para-hydroxylation sites is 1. The van der Waals surface area contributed by atoms with E-state index in [4.69, 9.17) is 14.6 Å². The van der Waals surface area contributed by atoms with Crippen LogP contribution in [0.3, 0.4) is 0 Å². The van der Waals surface area contributed by atoms with Crippen molar-refractivity contribution in [3.63, 3.8) is 0 Å². The van der Waals surface area contributed by atoms with Crippen LogP contribution in [0.2, 0.25) is 0 Å². The monoisotopic (exact) mass is 270 g/mol. The van der Waals surface area contributed by atoms with Crippen molar-refractivity contribution in [3.05, 3.63) is 29.8 Å². The van der Waals surface area contributed by atoms with Crippen LogP contribution in [0.15, 0.2) is 24.3 Å². The van der Waals surface area contributed by atoms with Gasteiger partial charge in [-0.15, -0.1) is 0 Å². The molecule has 0 aliphatic carbocycles. The summed E-state index contributed by atoms with van der Waals surface area (Å²) in [7, 11) is 0. The maximum atomic E-state index is 9.83. The van der Waals surface area contributed by atoms with Crippen LogP contribution in [0.5, 0.6) is 5.75 Å². The van der Waals surface area contributed by atoms with Crippen molar-refractivity contribution in [2.24, 2.45) is 0 Å². The Morgan fingerprint density at radius 1 is 1.11 bits per heavy atom. The van der Waals surface area contributed by atoms with Gasteiger partial charge in [0.1, 0.15) is 30.2 Å². The van der Waals surface area contributed by atoms with Gasteiger partial charge in [-0.05, 0) is 18.6 Å². The van der Waals surface area contributed by atoms with Crippen LogP contribution < -0.4 is 4.74 Å². The summed E-state index contributed by atoms with van der Waals surface area (Å²) in [6.45, 7) is 1.36. The minimum Gasteiger partial charge on any atom is -0.462 e. The largest absolute Gasteiger partial charge is 0.462 e. The normalized spacial score (nSPS) is 35.1. The molecule has 1 aliphatic heterocycles. The molecule has 106 valence electrons. The molecule has 0 bridgehead atoms. The zero-order valence-electron chi connectivity index (χ0n) is 10.5. The SMILES string of the molecule is Cc1ccccc1O[C@@H]1O[C@H](CO)[C@H](O)[C@H](O)[C@H]1O. The van der Waals surface area contributed by atoms with Gasteiger partial charge in [0.05, 0.1) is 6.61 Å². The van der Waals surface area contributed by atoms with Crippen molar-refractivity contribution < 1.29 is 29.9 Å². The molecular formula is C13H18O6. The molecule has 2 rings (SSSR count). The summed E-state index contributed by atoms with van der Waals surface area (Å²) < 4.78 is 10.8. The van der Waals surface area contributed by atoms with E-state index in [1.807, 2.05) is 19.1 Å².